The minimum absolute atomic E-state index is 0.155. The molecule has 1 aliphatic rings. The number of nitrogens with zero attached hydrogens (tertiary/aromatic N) is 1. The van der Waals surface area contributed by atoms with E-state index in [0.717, 1.165) is 25.7 Å². The Morgan fingerprint density at radius 1 is 1.36 bits per heavy atom. The van der Waals surface area contributed by atoms with Gasteiger partial charge < -0.3 is 14.7 Å². The molecule has 1 aliphatic carbocycles. The highest BCUT2D eigenvalue weighted by atomic mass is 16.5. The lowest BCUT2D eigenvalue weighted by Gasteiger charge is -2.32. The van der Waals surface area contributed by atoms with Gasteiger partial charge in [-0.2, -0.15) is 0 Å². The Labute approximate surface area is 84.8 Å². The second-order valence-electron chi connectivity index (χ2n) is 4.10. The van der Waals surface area contributed by atoms with Crippen molar-refractivity contribution in [1.82, 2.24) is 4.90 Å². The van der Waals surface area contributed by atoms with E-state index < -0.39 is 5.97 Å². The molecule has 14 heavy (non-hydrogen) atoms. The van der Waals surface area contributed by atoms with E-state index in [-0.39, 0.29) is 12.7 Å². The zero-order valence-corrected chi connectivity index (χ0v) is 8.90. The van der Waals surface area contributed by atoms with Gasteiger partial charge in [-0.15, -0.1) is 0 Å². The monoisotopic (exact) mass is 201 g/mol. The smallest absolute Gasteiger partial charge is 0.329 e. The maximum Gasteiger partial charge on any atom is 0.329 e. The van der Waals surface area contributed by atoms with Crippen LogP contribution in [0.15, 0.2) is 0 Å². The van der Waals surface area contributed by atoms with Crippen LogP contribution in [0, 0.1) is 0 Å². The molecule has 4 heteroatoms. The van der Waals surface area contributed by atoms with Crippen molar-refractivity contribution in [3.05, 3.63) is 0 Å². The first kappa shape index (κ1) is 11.5. The number of ether oxygens (including phenoxy) is 1. The van der Waals surface area contributed by atoms with Gasteiger partial charge in [-0.1, -0.05) is 0 Å². The Morgan fingerprint density at radius 3 is 2.36 bits per heavy atom. The zero-order chi connectivity index (χ0) is 10.6. The second kappa shape index (κ2) is 5.32. The van der Waals surface area contributed by atoms with Crippen LogP contribution in [0.25, 0.3) is 0 Å². The fourth-order valence-electron chi connectivity index (χ4n) is 1.92. The quantitative estimate of drug-likeness (QED) is 0.736. The molecule has 0 aromatic heterocycles. The lowest BCUT2D eigenvalue weighted by Crippen LogP contribution is -2.35. The van der Waals surface area contributed by atoms with Crippen molar-refractivity contribution < 1.29 is 14.6 Å². The van der Waals surface area contributed by atoms with E-state index >= 15 is 0 Å². The summed E-state index contributed by atoms with van der Waals surface area (Å²) in [6, 6.07) is 0.639. The molecule has 0 bridgehead atoms. The Morgan fingerprint density at radius 2 is 1.93 bits per heavy atom. The normalized spacial score (nSPS) is 27.9. The molecule has 0 amide bonds. The van der Waals surface area contributed by atoms with Crippen LogP contribution in [0.1, 0.15) is 25.7 Å². The van der Waals surface area contributed by atoms with Crippen molar-refractivity contribution in [2.45, 2.75) is 37.8 Å². The molecule has 4 nitrogen and oxygen atoms in total. The second-order valence-corrected chi connectivity index (χ2v) is 4.10. The Kier molecular flexibility index (Phi) is 4.35. The molecular weight excluding hydrogens is 182 g/mol. The van der Waals surface area contributed by atoms with Crippen LogP contribution in [0.4, 0.5) is 0 Å². The largest absolute Gasteiger partial charge is 0.480 e. The fraction of sp³-hybridized carbons (Fsp3) is 0.900. The standard InChI is InChI=1S/C10H19NO3/c1-11(2)8-3-5-9(6-4-8)14-7-10(12)13/h8-9H,3-7H2,1-2H3,(H,12,13). The van der Waals surface area contributed by atoms with Crippen molar-refractivity contribution in [3.63, 3.8) is 0 Å². The van der Waals surface area contributed by atoms with E-state index in [0.29, 0.717) is 6.04 Å². The summed E-state index contributed by atoms with van der Waals surface area (Å²) in [5.41, 5.74) is 0. The SMILES string of the molecule is CN(C)C1CCC(OCC(=O)O)CC1. The average molecular weight is 201 g/mol. The van der Waals surface area contributed by atoms with E-state index in [1.807, 2.05) is 0 Å². The van der Waals surface area contributed by atoms with Crippen LogP contribution in [0.2, 0.25) is 0 Å². The molecule has 1 N–H and O–H groups in total. The molecule has 0 aromatic rings. The van der Waals surface area contributed by atoms with Gasteiger partial charge in [-0.3, -0.25) is 0 Å². The van der Waals surface area contributed by atoms with Gasteiger partial charge in [0.2, 0.25) is 0 Å². The van der Waals surface area contributed by atoms with Gasteiger partial charge in [0.15, 0.2) is 0 Å². The number of carbonyl (C=O) groups is 1. The molecule has 82 valence electrons. The number of hydrogen-bond donors (Lipinski definition) is 1. The van der Waals surface area contributed by atoms with Crippen LogP contribution in [0.5, 0.6) is 0 Å². The van der Waals surface area contributed by atoms with Crippen molar-refractivity contribution in [2.24, 2.45) is 0 Å². The van der Waals surface area contributed by atoms with Crippen LogP contribution in [0.3, 0.4) is 0 Å². The Balaban J connectivity index is 2.19. The topological polar surface area (TPSA) is 49.8 Å². The summed E-state index contributed by atoms with van der Waals surface area (Å²) in [4.78, 5) is 12.5. The summed E-state index contributed by atoms with van der Waals surface area (Å²) in [7, 11) is 4.17. The molecule has 1 rings (SSSR count). The van der Waals surface area contributed by atoms with Gasteiger partial charge in [-0.05, 0) is 39.8 Å². The van der Waals surface area contributed by atoms with Crippen LogP contribution in [-0.2, 0) is 9.53 Å². The number of carboxylic acids is 1. The summed E-state index contributed by atoms with van der Waals surface area (Å²) < 4.78 is 5.25. The molecule has 0 heterocycles. The number of hydrogen-bond acceptors (Lipinski definition) is 3. The molecule has 0 aromatic carbocycles. The average Bonchev–Trinajstić information content (AvgIpc) is 2.15. The van der Waals surface area contributed by atoms with Gasteiger partial charge in [-0.25, -0.2) is 4.79 Å². The first-order valence-corrected chi connectivity index (χ1v) is 5.09. The minimum atomic E-state index is -0.875. The van der Waals surface area contributed by atoms with E-state index in [2.05, 4.69) is 19.0 Å². The van der Waals surface area contributed by atoms with E-state index in [1.165, 1.54) is 0 Å². The van der Waals surface area contributed by atoms with E-state index in [9.17, 15) is 4.79 Å². The first-order chi connectivity index (χ1) is 6.59. The summed E-state index contributed by atoms with van der Waals surface area (Å²) in [6.07, 6.45) is 4.34. The van der Waals surface area contributed by atoms with Crippen molar-refractivity contribution in [3.8, 4) is 0 Å². The molecule has 1 fully saturated rings. The molecule has 1 saturated carbocycles. The highest BCUT2D eigenvalue weighted by molar-refractivity contribution is 5.68. The number of rotatable bonds is 4. The Bertz CT molecular complexity index is 186. The first-order valence-electron chi connectivity index (χ1n) is 5.09. The summed E-state index contributed by atoms with van der Waals surface area (Å²) in [6.45, 7) is -0.155. The summed E-state index contributed by atoms with van der Waals surface area (Å²) in [5.74, 6) is -0.875. The van der Waals surface area contributed by atoms with Gasteiger partial charge in [0.05, 0.1) is 6.10 Å². The van der Waals surface area contributed by atoms with Crippen LogP contribution in [-0.4, -0.2) is 48.8 Å². The molecule has 0 saturated heterocycles. The van der Waals surface area contributed by atoms with Crippen LogP contribution < -0.4 is 0 Å². The maximum atomic E-state index is 10.3. The molecule has 0 spiro atoms. The van der Waals surface area contributed by atoms with Gasteiger partial charge >= 0.3 is 5.97 Å². The Hall–Kier alpha value is -0.610. The summed E-state index contributed by atoms with van der Waals surface area (Å²) in [5, 5.41) is 8.45. The van der Waals surface area contributed by atoms with Crippen molar-refractivity contribution >= 4 is 5.97 Å². The van der Waals surface area contributed by atoms with Crippen LogP contribution >= 0.6 is 0 Å². The molecule has 0 aliphatic heterocycles. The molecule has 0 atom stereocenters. The van der Waals surface area contributed by atoms with Gasteiger partial charge in [0.25, 0.3) is 0 Å². The van der Waals surface area contributed by atoms with E-state index in [1.54, 1.807) is 0 Å². The predicted octanol–water partition coefficient (Wildman–Crippen LogP) is 0.960. The highest BCUT2D eigenvalue weighted by Gasteiger charge is 2.23. The summed E-state index contributed by atoms with van der Waals surface area (Å²) >= 11 is 0. The third-order valence-corrected chi connectivity index (χ3v) is 2.82. The van der Waals surface area contributed by atoms with Gasteiger partial charge in [0, 0.05) is 6.04 Å². The third kappa shape index (κ3) is 3.64. The fourth-order valence-corrected chi connectivity index (χ4v) is 1.92. The van der Waals surface area contributed by atoms with Gasteiger partial charge in [0.1, 0.15) is 6.61 Å². The molecule has 0 unspecified atom stereocenters. The molecular formula is C10H19NO3. The van der Waals surface area contributed by atoms with Crippen molar-refractivity contribution in [2.75, 3.05) is 20.7 Å². The third-order valence-electron chi connectivity index (χ3n) is 2.82. The predicted molar refractivity (Wildman–Crippen MR) is 53.3 cm³/mol. The maximum absolute atomic E-state index is 10.3. The lowest BCUT2D eigenvalue weighted by molar-refractivity contribution is -0.145. The zero-order valence-electron chi connectivity index (χ0n) is 8.90. The molecule has 0 radical (unpaired) electrons. The van der Waals surface area contributed by atoms with E-state index in [4.69, 9.17) is 9.84 Å². The highest BCUT2D eigenvalue weighted by Crippen LogP contribution is 2.23. The lowest BCUT2D eigenvalue weighted by atomic mass is 9.92. The number of aliphatic carboxylic acids is 1. The minimum Gasteiger partial charge on any atom is -0.480 e. The number of carboxylic acid groups (broad SMARTS) is 1. The van der Waals surface area contributed by atoms with Crippen molar-refractivity contribution in [1.29, 1.82) is 0 Å².